The SMILES string of the molecule is O=C(CC1CCCCCN1)c1ccc(Cl)cc1. The zero-order valence-corrected chi connectivity index (χ0v) is 10.7. The Morgan fingerprint density at radius 1 is 1.24 bits per heavy atom. The molecule has 0 aromatic heterocycles. The highest BCUT2D eigenvalue weighted by Gasteiger charge is 2.16. The van der Waals surface area contributed by atoms with Crippen molar-refractivity contribution in [2.75, 3.05) is 6.54 Å². The number of carbonyl (C=O) groups is 1. The third-order valence-corrected chi connectivity index (χ3v) is 3.51. The standard InChI is InChI=1S/C14H18ClNO/c15-12-7-5-11(6-8-12)14(17)10-13-4-2-1-3-9-16-13/h5-8,13,16H,1-4,9-10H2. The van der Waals surface area contributed by atoms with Gasteiger partial charge in [0.25, 0.3) is 0 Å². The molecule has 0 radical (unpaired) electrons. The Kier molecular flexibility index (Phi) is 4.57. The molecular formula is C14H18ClNO. The Hall–Kier alpha value is -0.860. The molecule has 0 spiro atoms. The monoisotopic (exact) mass is 251 g/mol. The van der Waals surface area contributed by atoms with Gasteiger partial charge in [-0.1, -0.05) is 24.4 Å². The fraction of sp³-hybridized carbons (Fsp3) is 0.500. The molecule has 0 saturated carbocycles. The number of rotatable bonds is 3. The van der Waals surface area contributed by atoms with Gasteiger partial charge in [0.2, 0.25) is 0 Å². The molecule has 1 fully saturated rings. The van der Waals surface area contributed by atoms with Crippen molar-refractivity contribution in [2.24, 2.45) is 0 Å². The molecule has 1 aromatic carbocycles. The summed E-state index contributed by atoms with van der Waals surface area (Å²) in [4.78, 5) is 12.1. The normalized spacial score (nSPS) is 20.9. The maximum Gasteiger partial charge on any atom is 0.164 e. The molecule has 2 rings (SSSR count). The van der Waals surface area contributed by atoms with Crippen molar-refractivity contribution in [3.63, 3.8) is 0 Å². The minimum Gasteiger partial charge on any atom is -0.314 e. The van der Waals surface area contributed by atoms with E-state index in [1.54, 1.807) is 24.3 Å². The van der Waals surface area contributed by atoms with Crippen molar-refractivity contribution in [2.45, 2.75) is 38.1 Å². The van der Waals surface area contributed by atoms with Crippen molar-refractivity contribution < 1.29 is 4.79 Å². The van der Waals surface area contributed by atoms with E-state index in [2.05, 4.69) is 5.32 Å². The van der Waals surface area contributed by atoms with Gasteiger partial charge in [-0.2, -0.15) is 0 Å². The van der Waals surface area contributed by atoms with Crippen LogP contribution < -0.4 is 5.32 Å². The average molecular weight is 252 g/mol. The molecule has 2 nitrogen and oxygen atoms in total. The Labute approximate surface area is 107 Å². The Morgan fingerprint density at radius 3 is 2.76 bits per heavy atom. The van der Waals surface area contributed by atoms with E-state index in [0.29, 0.717) is 17.5 Å². The smallest absolute Gasteiger partial charge is 0.164 e. The van der Waals surface area contributed by atoms with Gasteiger partial charge in [0, 0.05) is 23.0 Å². The van der Waals surface area contributed by atoms with Crippen molar-refractivity contribution >= 4 is 17.4 Å². The molecule has 1 aliphatic rings. The van der Waals surface area contributed by atoms with Gasteiger partial charge in [-0.25, -0.2) is 0 Å². The molecule has 1 atom stereocenters. The molecule has 1 aromatic rings. The highest BCUT2D eigenvalue weighted by Crippen LogP contribution is 2.15. The summed E-state index contributed by atoms with van der Waals surface area (Å²) in [5.41, 5.74) is 0.764. The first-order valence-electron chi connectivity index (χ1n) is 6.28. The largest absolute Gasteiger partial charge is 0.314 e. The summed E-state index contributed by atoms with van der Waals surface area (Å²) in [6.07, 6.45) is 5.44. The topological polar surface area (TPSA) is 29.1 Å². The molecule has 1 N–H and O–H groups in total. The van der Waals surface area contributed by atoms with Gasteiger partial charge in [0.1, 0.15) is 0 Å². The lowest BCUT2D eigenvalue weighted by molar-refractivity contribution is 0.0968. The minimum atomic E-state index is 0.209. The maximum absolute atomic E-state index is 12.1. The van der Waals surface area contributed by atoms with E-state index in [1.807, 2.05) is 0 Å². The first-order valence-corrected chi connectivity index (χ1v) is 6.65. The molecule has 0 amide bonds. The van der Waals surface area contributed by atoms with Crippen LogP contribution in [-0.4, -0.2) is 18.4 Å². The van der Waals surface area contributed by atoms with Crippen LogP contribution in [0, 0.1) is 0 Å². The molecule has 1 unspecified atom stereocenters. The molecule has 0 bridgehead atoms. The van der Waals surface area contributed by atoms with Gasteiger partial charge in [0.15, 0.2) is 5.78 Å². The molecule has 17 heavy (non-hydrogen) atoms. The second-order valence-corrected chi connectivity index (χ2v) is 5.07. The van der Waals surface area contributed by atoms with Gasteiger partial charge in [-0.3, -0.25) is 4.79 Å². The summed E-state index contributed by atoms with van der Waals surface area (Å²) >= 11 is 5.81. The molecular weight excluding hydrogens is 234 g/mol. The van der Waals surface area contributed by atoms with E-state index in [-0.39, 0.29) is 5.78 Å². The van der Waals surface area contributed by atoms with Crippen molar-refractivity contribution in [3.05, 3.63) is 34.9 Å². The second kappa shape index (κ2) is 6.18. The lowest BCUT2D eigenvalue weighted by Crippen LogP contribution is -2.30. The van der Waals surface area contributed by atoms with Crippen LogP contribution in [0.4, 0.5) is 0 Å². The zero-order valence-electron chi connectivity index (χ0n) is 9.92. The van der Waals surface area contributed by atoms with Crippen LogP contribution in [-0.2, 0) is 0 Å². The summed E-state index contributed by atoms with van der Waals surface area (Å²) in [7, 11) is 0. The van der Waals surface area contributed by atoms with E-state index in [9.17, 15) is 4.79 Å². The Morgan fingerprint density at radius 2 is 2.00 bits per heavy atom. The third-order valence-electron chi connectivity index (χ3n) is 3.26. The van der Waals surface area contributed by atoms with E-state index >= 15 is 0 Å². The van der Waals surface area contributed by atoms with Crippen LogP contribution >= 0.6 is 11.6 Å². The van der Waals surface area contributed by atoms with Crippen molar-refractivity contribution in [1.82, 2.24) is 5.32 Å². The number of halogens is 1. The molecule has 92 valence electrons. The summed E-state index contributed by atoms with van der Waals surface area (Å²) in [6.45, 7) is 1.04. The van der Waals surface area contributed by atoms with Crippen molar-refractivity contribution in [3.8, 4) is 0 Å². The predicted octanol–water partition coefficient (Wildman–Crippen LogP) is 3.45. The summed E-state index contributed by atoms with van der Waals surface area (Å²) < 4.78 is 0. The van der Waals surface area contributed by atoms with Crippen LogP contribution in [0.1, 0.15) is 42.5 Å². The number of hydrogen-bond acceptors (Lipinski definition) is 2. The van der Waals surface area contributed by atoms with E-state index in [4.69, 9.17) is 11.6 Å². The van der Waals surface area contributed by atoms with Crippen LogP contribution in [0.5, 0.6) is 0 Å². The predicted molar refractivity (Wildman–Crippen MR) is 70.7 cm³/mol. The van der Waals surface area contributed by atoms with E-state index in [0.717, 1.165) is 18.5 Å². The number of hydrogen-bond donors (Lipinski definition) is 1. The number of carbonyl (C=O) groups excluding carboxylic acids is 1. The Balaban J connectivity index is 1.93. The van der Waals surface area contributed by atoms with Gasteiger partial charge in [-0.05, 0) is 43.7 Å². The maximum atomic E-state index is 12.1. The van der Waals surface area contributed by atoms with E-state index in [1.165, 1.54) is 19.3 Å². The molecule has 1 heterocycles. The second-order valence-electron chi connectivity index (χ2n) is 4.63. The number of ketones is 1. The van der Waals surface area contributed by atoms with Gasteiger partial charge in [0.05, 0.1) is 0 Å². The first kappa shape index (κ1) is 12.6. The lowest BCUT2D eigenvalue weighted by Gasteiger charge is -2.14. The van der Waals surface area contributed by atoms with Crippen LogP contribution in [0.3, 0.4) is 0 Å². The van der Waals surface area contributed by atoms with Crippen molar-refractivity contribution in [1.29, 1.82) is 0 Å². The van der Waals surface area contributed by atoms with Gasteiger partial charge < -0.3 is 5.32 Å². The van der Waals surface area contributed by atoms with Gasteiger partial charge in [-0.15, -0.1) is 0 Å². The fourth-order valence-corrected chi connectivity index (χ4v) is 2.38. The zero-order chi connectivity index (χ0) is 12.1. The summed E-state index contributed by atoms with van der Waals surface area (Å²) in [5, 5.41) is 4.12. The molecule has 0 aliphatic carbocycles. The number of Topliss-reactive ketones (excluding diaryl/α,β-unsaturated/α-hetero) is 1. The summed E-state index contributed by atoms with van der Waals surface area (Å²) in [6, 6.07) is 7.51. The molecule has 3 heteroatoms. The highest BCUT2D eigenvalue weighted by molar-refractivity contribution is 6.30. The highest BCUT2D eigenvalue weighted by atomic mass is 35.5. The van der Waals surface area contributed by atoms with Crippen LogP contribution in [0.2, 0.25) is 5.02 Å². The fourth-order valence-electron chi connectivity index (χ4n) is 2.25. The first-order chi connectivity index (χ1) is 8.25. The number of nitrogens with one attached hydrogen (secondary N) is 1. The van der Waals surface area contributed by atoms with E-state index < -0.39 is 0 Å². The van der Waals surface area contributed by atoms with Gasteiger partial charge >= 0.3 is 0 Å². The quantitative estimate of drug-likeness (QED) is 0.834. The minimum absolute atomic E-state index is 0.209. The number of benzene rings is 1. The van der Waals surface area contributed by atoms with Crippen LogP contribution in [0.15, 0.2) is 24.3 Å². The molecule has 1 saturated heterocycles. The molecule has 1 aliphatic heterocycles. The average Bonchev–Trinajstić information content (AvgIpc) is 2.58. The lowest BCUT2D eigenvalue weighted by atomic mass is 10.0. The summed E-state index contributed by atoms with van der Waals surface area (Å²) in [5.74, 6) is 0.209. The van der Waals surface area contributed by atoms with Crippen LogP contribution in [0.25, 0.3) is 0 Å². The Bertz CT molecular complexity index is 366. The third kappa shape index (κ3) is 3.83.